The maximum atomic E-state index is 5.73. The molecule has 0 saturated carbocycles. The molecule has 1 aromatic rings. The molecular weight excluding hydrogens is 186 g/mol. The fourth-order valence-corrected chi connectivity index (χ4v) is 2.09. The normalized spacial score (nSPS) is 29.1. The molecule has 72 valence electrons. The Balaban J connectivity index is 2.08. The summed E-state index contributed by atoms with van der Waals surface area (Å²) in [6.07, 6.45) is 2.29. The van der Waals surface area contributed by atoms with Gasteiger partial charge in [-0.3, -0.25) is 0 Å². The Morgan fingerprint density at radius 1 is 1.54 bits per heavy atom. The summed E-state index contributed by atoms with van der Waals surface area (Å²) in [4.78, 5) is 0. The molecule has 2 nitrogen and oxygen atoms in total. The van der Waals surface area contributed by atoms with Crippen molar-refractivity contribution in [1.82, 2.24) is 5.32 Å². The third kappa shape index (κ3) is 2.06. The molecule has 1 aliphatic rings. The summed E-state index contributed by atoms with van der Waals surface area (Å²) in [6, 6.07) is 4.40. The second-order valence-electron chi connectivity index (χ2n) is 3.72. The van der Waals surface area contributed by atoms with Gasteiger partial charge < -0.3 is 9.73 Å². The fourth-order valence-electron chi connectivity index (χ4n) is 1.94. The molecular formula is C10H14ClNO. The van der Waals surface area contributed by atoms with Gasteiger partial charge in [0.2, 0.25) is 0 Å². The Labute approximate surface area is 83.3 Å². The van der Waals surface area contributed by atoms with Crippen molar-refractivity contribution in [3.05, 3.63) is 23.1 Å². The molecule has 0 spiro atoms. The van der Waals surface area contributed by atoms with Gasteiger partial charge in [0, 0.05) is 12.0 Å². The zero-order valence-corrected chi connectivity index (χ0v) is 8.47. The topological polar surface area (TPSA) is 25.2 Å². The quantitative estimate of drug-likeness (QED) is 0.753. The van der Waals surface area contributed by atoms with Crippen LogP contribution in [0.1, 0.15) is 31.4 Å². The van der Waals surface area contributed by atoms with Gasteiger partial charge in [0.1, 0.15) is 5.76 Å². The molecule has 2 rings (SSSR count). The van der Waals surface area contributed by atoms with E-state index in [1.165, 1.54) is 0 Å². The molecule has 0 radical (unpaired) electrons. The number of rotatable bonds is 1. The predicted octanol–water partition coefficient (Wildman–Crippen LogP) is 2.79. The SMILES string of the molecule is CC1CC(c2ccc(Cl)o2)CCN1. The van der Waals surface area contributed by atoms with Crippen molar-refractivity contribution in [3.8, 4) is 0 Å². The van der Waals surface area contributed by atoms with Gasteiger partial charge in [-0.1, -0.05) is 0 Å². The maximum absolute atomic E-state index is 5.73. The van der Waals surface area contributed by atoms with Crippen molar-refractivity contribution in [2.75, 3.05) is 6.54 Å². The van der Waals surface area contributed by atoms with Crippen LogP contribution in [0.3, 0.4) is 0 Å². The second-order valence-corrected chi connectivity index (χ2v) is 4.09. The Bertz CT molecular complexity index is 284. The first kappa shape index (κ1) is 9.10. The van der Waals surface area contributed by atoms with Crippen LogP contribution >= 0.6 is 11.6 Å². The second kappa shape index (κ2) is 3.72. The van der Waals surface area contributed by atoms with Crippen LogP contribution in [0, 0.1) is 0 Å². The molecule has 2 atom stereocenters. The lowest BCUT2D eigenvalue weighted by Gasteiger charge is -2.26. The van der Waals surface area contributed by atoms with Crippen molar-refractivity contribution in [2.24, 2.45) is 0 Å². The fraction of sp³-hybridized carbons (Fsp3) is 0.600. The summed E-state index contributed by atoms with van der Waals surface area (Å²) >= 11 is 5.73. The van der Waals surface area contributed by atoms with Crippen molar-refractivity contribution < 1.29 is 4.42 Å². The van der Waals surface area contributed by atoms with E-state index < -0.39 is 0 Å². The minimum Gasteiger partial charge on any atom is -0.449 e. The van der Waals surface area contributed by atoms with Crippen molar-refractivity contribution in [3.63, 3.8) is 0 Å². The molecule has 1 saturated heterocycles. The highest BCUT2D eigenvalue weighted by Crippen LogP contribution is 2.30. The van der Waals surface area contributed by atoms with E-state index in [-0.39, 0.29) is 0 Å². The summed E-state index contributed by atoms with van der Waals surface area (Å²) in [5.74, 6) is 1.59. The van der Waals surface area contributed by atoms with Crippen LogP contribution in [0.15, 0.2) is 16.5 Å². The van der Waals surface area contributed by atoms with Crippen LogP contribution in [0.2, 0.25) is 5.22 Å². The molecule has 0 bridgehead atoms. The van der Waals surface area contributed by atoms with Crippen LogP contribution < -0.4 is 5.32 Å². The average molecular weight is 200 g/mol. The van der Waals surface area contributed by atoms with Gasteiger partial charge in [-0.25, -0.2) is 0 Å². The number of furan rings is 1. The lowest BCUT2D eigenvalue weighted by molar-refractivity contribution is 0.338. The summed E-state index contributed by atoms with van der Waals surface area (Å²) in [5, 5.41) is 3.91. The molecule has 3 heteroatoms. The third-order valence-electron chi connectivity index (χ3n) is 2.62. The molecule has 1 fully saturated rings. The molecule has 13 heavy (non-hydrogen) atoms. The number of hydrogen-bond donors (Lipinski definition) is 1. The summed E-state index contributed by atoms with van der Waals surface area (Å²) < 4.78 is 5.41. The van der Waals surface area contributed by atoms with Crippen molar-refractivity contribution in [2.45, 2.75) is 31.7 Å². The number of piperidine rings is 1. The first-order valence-corrected chi connectivity index (χ1v) is 5.12. The highest BCUT2D eigenvalue weighted by molar-refractivity contribution is 6.28. The Kier molecular flexibility index (Phi) is 2.61. The van der Waals surface area contributed by atoms with E-state index in [2.05, 4.69) is 12.2 Å². The third-order valence-corrected chi connectivity index (χ3v) is 2.82. The van der Waals surface area contributed by atoms with Crippen LogP contribution in [-0.2, 0) is 0 Å². The molecule has 0 aromatic carbocycles. The first-order chi connectivity index (χ1) is 6.25. The largest absolute Gasteiger partial charge is 0.449 e. The van der Waals surface area contributed by atoms with Gasteiger partial charge in [0.15, 0.2) is 5.22 Å². The first-order valence-electron chi connectivity index (χ1n) is 4.74. The van der Waals surface area contributed by atoms with Gasteiger partial charge in [-0.15, -0.1) is 0 Å². The van der Waals surface area contributed by atoms with E-state index >= 15 is 0 Å². The zero-order chi connectivity index (χ0) is 9.26. The summed E-state index contributed by atoms with van der Waals surface area (Å²) in [6.45, 7) is 3.28. The average Bonchev–Trinajstić information content (AvgIpc) is 2.52. The molecule has 0 aliphatic carbocycles. The minimum atomic E-state index is 0.501. The molecule has 0 amide bonds. The van der Waals surface area contributed by atoms with Gasteiger partial charge in [0.05, 0.1) is 0 Å². The Hall–Kier alpha value is -0.470. The van der Waals surface area contributed by atoms with Gasteiger partial charge in [0.25, 0.3) is 0 Å². The highest BCUT2D eigenvalue weighted by atomic mass is 35.5. The molecule has 2 heterocycles. The van der Waals surface area contributed by atoms with Crippen molar-refractivity contribution >= 4 is 11.6 Å². The predicted molar refractivity (Wildman–Crippen MR) is 53.2 cm³/mol. The van der Waals surface area contributed by atoms with Crippen LogP contribution in [-0.4, -0.2) is 12.6 Å². The Morgan fingerprint density at radius 3 is 3.00 bits per heavy atom. The van der Waals surface area contributed by atoms with E-state index in [0.717, 1.165) is 25.1 Å². The summed E-state index contributed by atoms with van der Waals surface area (Å²) in [5.41, 5.74) is 0. The number of nitrogens with one attached hydrogen (secondary N) is 1. The highest BCUT2D eigenvalue weighted by Gasteiger charge is 2.22. The molecule has 1 N–H and O–H groups in total. The molecule has 1 aliphatic heterocycles. The van der Waals surface area contributed by atoms with Gasteiger partial charge >= 0.3 is 0 Å². The Morgan fingerprint density at radius 2 is 2.38 bits per heavy atom. The van der Waals surface area contributed by atoms with E-state index in [1.54, 1.807) is 0 Å². The molecule has 2 unspecified atom stereocenters. The van der Waals surface area contributed by atoms with Crippen molar-refractivity contribution in [1.29, 1.82) is 0 Å². The number of hydrogen-bond acceptors (Lipinski definition) is 2. The number of halogens is 1. The molecule has 1 aromatic heterocycles. The zero-order valence-electron chi connectivity index (χ0n) is 7.72. The maximum Gasteiger partial charge on any atom is 0.193 e. The standard InChI is InChI=1S/C10H14ClNO/c1-7-6-8(4-5-12-7)9-2-3-10(11)13-9/h2-3,7-8,12H,4-6H2,1H3. The smallest absolute Gasteiger partial charge is 0.193 e. The summed E-state index contributed by atoms with van der Waals surface area (Å²) in [7, 11) is 0. The van der Waals surface area contributed by atoms with E-state index in [0.29, 0.717) is 17.2 Å². The monoisotopic (exact) mass is 199 g/mol. The van der Waals surface area contributed by atoms with E-state index in [9.17, 15) is 0 Å². The van der Waals surface area contributed by atoms with Gasteiger partial charge in [-0.05, 0) is 50.0 Å². The van der Waals surface area contributed by atoms with Crippen LogP contribution in [0.25, 0.3) is 0 Å². The van der Waals surface area contributed by atoms with Gasteiger partial charge in [-0.2, -0.15) is 0 Å². The van der Waals surface area contributed by atoms with Crippen LogP contribution in [0.4, 0.5) is 0 Å². The lowest BCUT2D eigenvalue weighted by atomic mass is 9.91. The minimum absolute atomic E-state index is 0.501. The van der Waals surface area contributed by atoms with E-state index in [4.69, 9.17) is 16.0 Å². The van der Waals surface area contributed by atoms with E-state index in [1.807, 2.05) is 12.1 Å². The lowest BCUT2D eigenvalue weighted by Crippen LogP contribution is -2.34. The van der Waals surface area contributed by atoms with Crippen LogP contribution in [0.5, 0.6) is 0 Å².